The van der Waals surface area contributed by atoms with E-state index >= 15 is 0 Å². The molecule has 0 aliphatic heterocycles. The highest BCUT2D eigenvalue weighted by Gasteiger charge is 2.25. The van der Waals surface area contributed by atoms with Crippen molar-refractivity contribution in [3.63, 3.8) is 0 Å². The van der Waals surface area contributed by atoms with Crippen LogP contribution in [0.3, 0.4) is 0 Å². The standard InChI is InChI=1S/C72H131NO8/c1-6-8-10-12-14-16-18-20-22-24-25-26-27-28-29-30-31-32-33-34-35-36-37-38-39-40-41-42-43-44-45-47-49-51-53-55-57-59-61-63-70(75)81-68(67-80-72(71(76)77)78-65-64-73(3,4)5)66-79-69(74)62-60-58-56-54-52-50-48-46-23-21-19-17-15-13-11-9-7-2/h8,10,14,16,20,22,25-26,28-29,68,72H,6-7,9,11-13,15,17-19,21,23-24,27,30-67H2,1-5H3/p+1/b10-8-,16-14-,22-20-,26-25-,29-28-. The van der Waals surface area contributed by atoms with E-state index in [0.29, 0.717) is 17.4 Å². The molecular weight excluding hydrogens is 1010 g/mol. The van der Waals surface area contributed by atoms with E-state index < -0.39 is 18.4 Å². The molecule has 0 bridgehead atoms. The number of quaternary nitrogens is 1. The van der Waals surface area contributed by atoms with E-state index in [0.717, 1.165) is 70.6 Å². The van der Waals surface area contributed by atoms with Gasteiger partial charge in [0.25, 0.3) is 6.29 Å². The molecule has 0 aliphatic carbocycles. The van der Waals surface area contributed by atoms with Gasteiger partial charge in [-0.25, -0.2) is 4.79 Å². The van der Waals surface area contributed by atoms with Gasteiger partial charge in [-0.2, -0.15) is 0 Å². The van der Waals surface area contributed by atoms with Gasteiger partial charge in [-0.05, 0) is 57.8 Å². The van der Waals surface area contributed by atoms with Crippen molar-refractivity contribution in [2.75, 3.05) is 47.5 Å². The number of unbranched alkanes of at least 4 members (excludes halogenated alkanes) is 39. The average molecular weight is 1140 g/mol. The van der Waals surface area contributed by atoms with Gasteiger partial charge in [0.15, 0.2) is 6.10 Å². The lowest BCUT2D eigenvalue weighted by Gasteiger charge is -2.25. The third-order valence-corrected chi connectivity index (χ3v) is 15.3. The van der Waals surface area contributed by atoms with Crippen molar-refractivity contribution in [2.45, 2.75) is 334 Å². The highest BCUT2D eigenvalue weighted by molar-refractivity contribution is 5.71. The van der Waals surface area contributed by atoms with E-state index in [2.05, 4.69) is 74.6 Å². The third kappa shape index (κ3) is 64.4. The Kier molecular flexibility index (Phi) is 60.7. The molecule has 1 N–H and O–H groups in total. The second-order valence-electron chi connectivity index (χ2n) is 24.5. The summed E-state index contributed by atoms with van der Waals surface area (Å²) in [6.07, 6.45) is 79.1. The summed E-state index contributed by atoms with van der Waals surface area (Å²) in [5, 5.41) is 9.73. The molecule has 0 aliphatic rings. The highest BCUT2D eigenvalue weighted by atomic mass is 16.7. The molecule has 0 heterocycles. The molecule has 0 saturated heterocycles. The zero-order chi connectivity index (χ0) is 59.1. The van der Waals surface area contributed by atoms with Gasteiger partial charge in [-0.15, -0.1) is 0 Å². The van der Waals surface area contributed by atoms with Crippen LogP contribution in [0.5, 0.6) is 0 Å². The number of hydrogen-bond acceptors (Lipinski definition) is 7. The molecule has 0 aromatic rings. The van der Waals surface area contributed by atoms with Crippen molar-refractivity contribution in [3.8, 4) is 0 Å². The van der Waals surface area contributed by atoms with Crippen LogP contribution in [-0.2, 0) is 33.3 Å². The van der Waals surface area contributed by atoms with Crippen molar-refractivity contribution in [3.05, 3.63) is 60.8 Å². The van der Waals surface area contributed by atoms with Crippen LogP contribution in [0.25, 0.3) is 0 Å². The largest absolute Gasteiger partial charge is 0.477 e. The fourth-order valence-electron chi connectivity index (χ4n) is 10.0. The zero-order valence-electron chi connectivity index (χ0n) is 53.9. The molecular formula is C72H132NO8+. The molecule has 81 heavy (non-hydrogen) atoms. The molecule has 9 nitrogen and oxygen atoms in total. The second-order valence-corrected chi connectivity index (χ2v) is 24.5. The SMILES string of the molecule is CC/C=C\C/C=C\C/C=C\C/C=C\C/C=C\CCCCCCCCCCCCCCCCCCCCCCCCCC(=O)OC(COC(=O)CCCCCCCCCCCCCCCCCCC)COC(OCC[N+](C)(C)C)C(=O)O. The first kappa shape index (κ1) is 78.0. The summed E-state index contributed by atoms with van der Waals surface area (Å²) in [6.45, 7) is 4.82. The van der Waals surface area contributed by atoms with E-state index in [4.69, 9.17) is 18.9 Å². The average Bonchev–Trinajstić information content (AvgIpc) is 3.44. The van der Waals surface area contributed by atoms with Crippen LogP contribution in [0.2, 0.25) is 0 Å². The maximum Gasteiger partial charge on any atom is 0.361 e. The van der Waals surface area contributed by atoms with Crippen molar-refractivity contribution < 1.29 is 42.9 Å². The maximum absolute atomic E-state index is 12.9. The first-order chi connectivity index (χ1) is 39.6. The molecule has 0 fully saturated rings. The lowest BCUT2D eigenvalue weighted by molar-refractivity contribution is -0.870. The lowest BCUT2D eigenvalue weighted by atomic mass is 10.0. The van der Waals surface area contributed by atoms with Crippen LogP contribution in [-0.4, -0.2) is 87.4 Å². The molecule has 2 unspecified atom stereocenters. The number of carbonyl (C=O) groups excluding carboxylic acids is 2. The lowest BCUT2D eigenvalue weighted by Crippen LogP contribution is -2.40. The maximum atomic E-state index is 12.9. The summed E-state index contributed by atoms with van der Waals surface area (Å²) < 4.78 is 23.0. The molecule has 0 rings (SSSR count). The van der Waals surface area contributed by atoms with Crippen LogP contribution in [0.15, 0.2) is 60.8 Å². The Balaban J connectivity index is 3.97. The van der Waals surface area contributed by atoms with Gasteiger partial charge in [0.1, 0.15) is 13.2 Å². The minimum Gasteiger partial charge on any atom is -0.477 e. The number of esters is 2. The van der Waals surface area contributed by atoms with Crippen molar-refractivity contribution in [1.82, 2.24) is 0 Å². The van der Waals surface area contributed by atoms with Crippen LogP contribution in [0, 0.1) is 0 Å². The van der Waals surface area contributed by atoms with Crippen LogP contribution >= 0.6 is 0 Å². The number of hydrogen-bond donors (Lipinski definition) is 1. The fraction of sp³-hybridized carbons (Fsp3) is 0.819. The smallest absolute Gasteiger partial charge is 0.361 e. The highest BCUT2D eigenvalue weighted by Crippen LogP contribution is 2.18. The predicted octanol–water partition coefficient (Wildman–Crippen LogP) is 21.1. The zero-order valence-corrected chi connectivity index (χ0v) is 53.9. The first-order valence-corrected chi connectivity index (χ1v) is 34.5. The Bertz CT molecular complexity index is 1510. The number of aliphatic carboxylic acids is 1. The number of carboxylic acid groups (broad SMARTS) is 1. The number of carboxylic acids is 1. The van der Waals surface area contributed by atoms with Gasteiger partial charge in [0.05, 0.1) is 34.4 Å². The van der Waals surface area contributed by atoms with Gasteiger partial charge >= 0.3 is 17.9 Å². The molecule has 0 radical (unpaired) electrons. The molecule has 0 saturated carbocycles. The van der Waals surface area contributed by atoms with Crippen molar-refractivity contribution >= 4 is 17.9 Å². The van der Waals surface area contributed by atoms with Crippen LogP contribution in [0.1, 0.15) is 322 Å². The number of nitrogens with zero attached hydrogens (tertiary/aromatic N) is 1. The van der Waals surface area contributed by atoms with E-state index in [9.17, 15) is 19.5 Å². The summed E-state index contributed by atoms with van der Waals surface area (Å²) in [4.78, 5) is 37.5. The van der Waals surface area contributed by atoms with Crippen molar-refractivity contribution in [1.29, 1.82) is 0 Å². The Hall–Kier alpha value is -3.01. The predicted molar refractivity (Wildman–Crippen MR) is 346 cm³/mol. The second kappa shape index (κ2) is 63.0. The van der Waals surface area contributed by atoms with Gasteiger partial charge in [0, 0.05) is 12.8 Å². The summed E-state index contributed by atoms with van der Waals surface area (Å²) >= 11 is 0. The molecule has 2 atom stereocenters. The Labute approximate surface area is 501 Å². The van der Waals surface area contributed by atoms with Crippen molar-refractivity contribution in [2.24, 2.45) is 0 Å². The monoisotopic (exact) mass is 1140 g/mol. The summed E-state index contributed by atoms with van der Waals surface area (Å²) in [6, 6.07) is 0. The number of likely N-dealkylation sites (N-methyl/N-ethyl adjacent to an activating group) is 1. The number of rotatable bonds is 64. The fourth-order valence-corrected chi connectivity index (χ4v) is 10.0. The van der Waals surface area contributed by atoms with Crippen LogP contribution in [0.4, 0.5) is 0 Å². The number of allylic oxidation sites excluding steroid dienone is 10. The number of carbonyl (C=O) groups is 3. The molecule has 0 spiro atoms. The van der Waals surface area contributed by atoms with E-state index in [1.54, 1.807) is 0 Å². The molecule has 0 amide bonds. The van der Waals surface area contributed by atoms with Gasteiger partial charge < -0.3 is 28.5 Å². The quantitative estimate of drug-likeness (QED) is 0.0211. The Morgan fingerprint density at radius 1 is 0.383 bits per heavy atom. The van der Waals surface area contributed by atoms with Gasteiger partial charge in [-0.3, -0.25) is 9.59 Å². The van der Waals surface area contributed by atoms with E-state index in [1.165, 1.54) is 225 Å². The molecule has 0 aromatic heterocycles. The summed E-state index contributed by atoms with van der Waals surface area (Å²) in [5.74, 6) is -1.98. The normalized spacial score (nSPS) is 13.0. The minimum atomic E-state index is -1.51. The topological polar surface area (TPSA) is 108 Å². The Morgan fingerprint density at radius 2 is 0.704 bits per heavy atom. The van der Waals surface area contributed by atoms with E-state index in [1.807, 2.05) is 21.1 Å². The number of ether oxygens (including phenoxy) is 4. The molecule has 0 aromatic carbocycles. The molecule has 9 heteroatoms. The van der Waals surface area contributed by atoms with E-state index in [-0.39, 0.29) is 38.2 Å². The Morgan fingerprint density at radius 3 is 1.05 bits per heavy atom. The van der Waals surface area contributed by atoms with Crippen LogP contribution < -0.4 is 0 Å². The summed E-state index contributed by atoms with van der Waals surface area (Å²) in [7, 11) is 5.98. The third-order valence-electron chi connectivity index (χ3n) is 15.3. The summed E-state index contributed by atoms with van der Waals surface area (Å²) in [5.41, 5.74) is 0. The first-order valence-electron chi connectivity index (χ1n) is 34.5. The van der Waals surface area contributed by atoms with Gasteiger partial charge in [-0.1, -0.05) is 312 Å². The minimum absolute atomic E-state index is 0.176. The molecule has 472 valence electrons. The van der Waals surface area contributed by atoms with Gasteiger partial charge in [0.2, 0.25) is 0 Å².